The van der Waals surface area contributed by atoms with E-state index in [1.807, 2.05) is 0 Å². The molecule has 0 aliphatic heterocycles. The number of ether oxygens (including phenoxy) is 2. The quantitative estimate of drug-likeness (QED) is 0.300. The molecule has 0 fully saturated rings. The Morgan fingerprint density at radius 2 is 1.89 bits per heavy atom. The van der Waals surface area contributed by atoms with Gasteiger partial charge in [0.1, 0.15) is 0 Å². The van der Waals surface area contributed by atoms with Crippen LogP contribution in [0, 0.1) is 0 Å². The molecule has 0 heterocycles. The van der Waals surface area contributed by atoms with Crippen LogP contribution in [-0.4, -0.2) is 24.5 Å². The van der Waals surface area contributed by atoms with E-state index in [0.717, 1.165) is 0 Å². The molecular formula is C13H18O5. The van der Waals surface area contributed by atoms with Crippen molar-refractivity contribution in [3.63, 3.8) is 0 Å². The van der Waals surface area contributed by atoms with Gasteiger partial charge in [-0.3, -0.25) is 4.79 Å². The predicted molar refractivity (Wildman–Crippen MR) is 65.5 cm³/mol. The summed E-state index contributed by atoms with van der Waals surface area (Å²) in [5.41, 5.74) is 0.184. The summed E-state index contributed by atoms with van der Waals surface area (Å²) in [6.45, 7) is 6.79. The lowest BCUT2D eigenvalue weighted by atomic mass is 10.2. The van der Waals surface area contributed by atoms with E-state index < -0.39 is 17.9 Å². The van der Waals surface area contributed by atoms with Crippen LogP contribution in [0.15, 0.2) is 24.3 Å². The van der Waals surface area contributed by atoms with Gasteiger partial charge in [0.2, 0.25) is 0 Å². The molecule has 5 heteroatoms. The first-order valence-corrected chi connectivity index (χ1v) is 5.67. The maximum atomic E-state index is 11.2. The molecule has 0 aromatic carbocycles. The zero-order chi connectivity index (χ0) is 14.0. The molecule has 0 unspecified atom stereocenters. The Balaban J connectivity index is 3.61. The van der Waals surface area contributed by atoms with Crippen molar-refractivity contribution < 1.29 is 23.9 Å². The van der Waals surface area contributed by atoms with E-state index in [0.29, 0.717) is 12.8 Å². The highest BCUT2D eigenvalue weighted by Gasteiger charge is 2.10. The topological polar surface area (TPSA) is 69.7 Å². The summed E-state index contributed by atoms with van der Waals surface area (Å²) in [5, 5.41) is 0. The van der Waals surface area contributed by atoms with Gasteiger partial charge in [-0.05, 0) is 26.7 Å². The van der Waals surface area contributed by atoms with Gasteiger partial charge in [-0.25, -0.2) is 9.59 Å². The monoisotopic (exact) mass is 254 g/mol. The smallest absolute Gasteiger partial charge is 0.340 e. The second-order valence-corrected chi connectivity index (χ2v) is 3.67. The lowest BCUT2D eigenvalue weighted by Crippen LogP contribution is -2.12. The molecule has 0 aromatic heterocycles. The van der Waals surface area contributed by atoms with E-state index in [2.05, 4.69) is 11.3 Å². The van der Waals surface area contributed by atoms with Crippen molar-refractivity contribution in [3.8, 4) is 0 Å². The number of unbranched alkanes of at least 4 members (excludes halogenated alkanes) is 1. The second kappa shape index (κ2) is 9.15. The Morgan fingerprint density at radius 1 is 1.22 bits per heavy atom. The van der Waals surface area contributed by atoms with Crippen LogP contribution in [0.3, 0.4) is 0 Å². The van der Waals surface area contributed by atoms with Gasteiger partial charge in [0, 0.05) is 18.1 Å². The molecule has 0 rings (SSSR count). The van der Waals surface area contributed by atoms with E-state index in [-0.39, 0.29) is 18.6 Å². The van der Waals surface area contributed by atoms with Gasteiger partial charge in [-0.2, -0.15) is 0 Å². The molecule has 0 radical (unpaired) electrons. The van der Waals surface area contributed by atoms with Crippen molar-refractivity contribution in [1.29, 1.82) is 0 Å². The van der Waals surface area contributed by atoms with Crippen LogP contribution in [0.1, 0.15) is 33.1 Å². The lowest BCUT2D eigenvalue weighted by Gasteiger charge is -2.03. The van der Waals surface area contributed by atoms with Crippen LogP contribution in [0.4, 0.5) is 0 Å². The van der Waals surface area contributed by atoms with Crippen LogP contribution in [0.25, 0.3) is 0 Å². The molecule has 0 aliphatic carbocycles. The number of carbonyl (C=O) groups excluding carboxylic acids is 3. The number of carbonyl (C=O) groups is 3. The lowest BCUT2D eigenvalue weighted by molar-refractivity contribution is -0.156. The zero-order valence-corrected chi connectivity index (χ0v) is 10.7. The minimum absolute atomic E-state index is 0.111. The number of rotatable bonds is 7. The van der Waals surface area contributed by atoms with E-state index in [1.165, 1.54) is 13.0 Å². The molecule has 100 valence electrons. The standard InChI is InChI=1S/C13H18O5/c1-4-7-11(14)17-9-6-5-8-12(15)18-13(16)10(2)3/h4,7H,2,5-6,8-9H2,1,3H3. The third-order valence-electron chi connectivity index (χ3n) is 1.88. The average molecular weight is 254 g/mol. The third kappa shape index (κ3) is 8.27. The normalized spacial score (nSPS) is 10.1. The Morgan fingerprint density at radius 3 is 2.44 bits per heavy atom. The van der Waals surface area contributed by atoms with Crippen LogP contribution >= 0.6 is 0 Å². The fraction of sp³-hybridized carbons (Fsp3) is 0.462. The Hall–Kier alpha value is -1.91. The number of hydrogen-bond donors (Lipinski definition) is 0. The van der Waals surface area contributed by atoms with E-state index in [4.69, 9.17) is 4.74 Å². The van der Waals surface area contributed by atoms with Crippen LogP contribution in [0.2, 0.25) is 0 Å². The molecule has 0 aliphatic rings. The zero-order valence-electron chi connectivity index (χ0n) is 10.7. The highest BCUT2D eigenvalue weighted by atomic mass is 16.6. The highest BCUT2D eigenvalue weighted by molar-refractivity contribution is 5.95. The number of allylic oxidation sites excluding steroid dienone is 1. The largest absolute Gasteiger partial charge is 0.463 e. The van der Waals surface area contributed by atoms with Crippen molar-refractivity contribution in [1.82, 2.24) is 0 Å². The molecule has 0 saturated heterocycles. The van der Waals surface area contributed by atoms with Gasteiger partial charge >= 0.3 is 17.9 Å². The van der Waals surface area contributed by atoms with Gasteiger partial charge in [0.25, 0.3) is 0 Å². The number of hydrogen-bond acceptors (Lipinski definition) is 5. The first kappa shape index (κ1) is 16.1. The molecule has 0 amide bonds. The second-order valence-electron chi connectivity index (χ2n) is 3.67. The Bertz CT molecular complexity index is 354. The fourth-order valence-corrected chi connectivity index (χ4v) is 0.970. The van der Waals surface area contributed by atoms with Crippen LogP contribution < -0.4 is 0 Å². The van der Waals surface area contributed by atoms with Crippen molar-refractivity contribution in [2.45, 2.75) is 33.1 Å². The average Bonchev–Trinajstić information content (AvgIpc) is 2.28. The molecular weight excluding hydrogens is 236 g/mol. The van der Waals surface area contributed by atoms with Crippen molar-refractivity contribution in [2.24, 2.45) is 0 Å². The van der Waals surface area contributed by atoms with Crippen molar-refractivity contribution in [2.75, 3.05) is 6.61 Å². The van der Waals surface area contributed by atoms with E-state index >= 15 is 0 Å². The molecule has 18 heavy (non-hydrogen) atoms. The van der Waals surface area contributed by atoms with E-state index in [9.17, 15) is 14.4 Å². The summed E-state index contributed by atoms with van der Waals surface area (Å²) in [6, 6.07) is 0. The molecule has 0 atom stereocenters. The first-order valence-electron chi connectivity index (χ1n) is 5.67. The number of esters is 3. The van der Waals surface area contributed by atoms with Gasteiger partial charge in [-0.1, -0.05) is 12.7 Å². The van der Waals surface area contributed by atoms with Crippen molar-refractivity contribution >= 4 is 17.9 Å². The van der Waals surface area contributed by atoms with Gasteiger partial charge in [0.05, 0.1) is 6.61 Å². The van der Waals surface area contributed by atoms with Crippen molar-refractivity contribution in [3.05, 3.63) is 24.3 Å². The Kier molecular flexibility index (Phi) is 8.18. The first-order chi connectivity index (χ1) is 8.47. The third-order valence-corrected chi connectivity index (χ3v) is 1.88. The summed E-state index contributed by atoms with van der Waals surface area (Å²) < 4.78 is 9.31. The van der Waals surface area contributed by atoms with Crippen LogP contribution in [-0.2, 0) is 23.9 Å². The summed E-state index contributed by atoms with van der Waals surface area (Å²) in [4.78, 5) is 33.0. The fourth-order valence-electron chi connectivity index (χ4n) is 0.970. The van der Waals surface area contributed by atoms with Crippen LogP contribution in [0.5, 0.6) is 0 Å². The summed E-state index contributed by atoms with van der Waals surface area (Å²) in [6.07, 6.45) is 4.05. The minimum Gasteiger partial charge on any atom is -0.463 e. The maximum absolute atomic E-state index is 11.2. The molecule has 0 spiro atoms. The molecule has 0 bridgehead atoms. The summed E-state index contributed by atoms with van der Waals surface area (Å²) >= 11 is 0. The SMILES string of the molecule is C=C(C)C(=O)OC(=O)CCCCOC(=O)C=CC. The molecule has 0 N–H and O–H groups in total. The summed E-state index contributed by atoms with van der Waals surface area (Å²) in [5.74, 6) is -1.71. The summed E-state index contributed by atoms with van der Waals surface area (Å²) in [7, 11) is 0. The van der Waals surface area contributed by atoms with Gasteiger partial charge in [0.15, 0.2) is 0 Å². The maximum Gasteiger partial charge on any atom is 0.340 e. The van der Waals surface area contributed by atoms with Gasteiger partial charge < -0.3 is 9.47 Å². The highest BCUT2D eigenvalue weighted by Crippen LogP contribution is 2.01. The molecule has 0 aromatic rings. The minimum atomic E-state index is -0.709. The predicted octanol–water partition coefficient (Wildman–Crippen LogP) is 1.92. The van der Waals surface area contributed by atoms with E-state index in [1.54, 1.807) is 13.0 Å². The molecule has 0 saturated carbocycles. The Labute approximate surface area is 106 Å². The molecule has 5 nitrogen and oxygen atoms in total. The van der Waals surface area contributed by atoms with Gasteiger partial charge in [-0.15, -0.1) is 0 Å².